The maximum Gasteiger partial charge on any atom is 0.340 e. The SMILES string of the molecule is COC(=O)c1ccccc1N(CCC(=O)NC1CCCCCC1)S(C)(=O)=O. The van der Waals surface area contributed by atoms with E-state index in [0.717, 1.165) is 36.2 Å². The first-order valence-electron chi connectivity index (χ1n) is 9.27. The number of nitrogens with zero attached hydrogens (tertiary/aromatic N) is 1. The molecule has 0 radical (unpaired) electrons. The Morgan fingerprint density at radius 1 is 1.15 bits per heavy atom. The zero-order valence-electron chi connectivity index (χ0n) is 15.9. The number of carbonyl (C=O) groups excluding carboxylic acids is 2. The standard InChI is InChI=1S/C19H28N2O5S/c1-26-19(23)16-11-7-8-12-17(16)21(27(2,24)25)14-13-18(22)20-15-9-5-3-4-6-10-15/h7-8,11-12,15H,3-6,9-10,13-14H2,1-2H3,(H,20,22). The molecule has 0 bridgehead atoms. The highest BCUT2D eigenvalue weighted by atomic mass is 32.2. The van der Waals surface area contributed by atoms with Crippen molar-refractivity contribution in [3.63, 3.8) is 0 Å². The molecule has 1 N–H and O–H groups in total. The van der Waals surface area contributed by atoms with E-state index in [1.54, 1.807) is 12.1 Å². The zero-order valence-corrected chi connectivity index (χ0v) is 16.8. The monoisotopic (exact) mass is 396 g/mol. The highest BCUT2D eigenvalue weighted by Crippen LogP contribution is 2.24. The van der Waals surface area contributed by atoms with Crippen molar-refractivity contribution in [3.8, 4) is 0 Å². The van der Waals surface area contributed by atoms with Crippen LogP contribution >= 0.6 is 0 Å². The first-order chi connectivity index (χ1) is 12.8. The molecule has 1 saturated carbocycles. The second kappa shape index (κ2) is 9.73. The van der Waals surface area contributed by atoms with Gasteiger partial charge >= 0.3 is 5.97 Å². The van der Waals surface area contributed by atoms with Crippen LogP contribution in [-0.4, -0.2) is 46.2 Å². The van der Waals surface area contributed by atoms with Gasteiger partial charge in [-0.25, -0.2) is 13.2 Å². The van der Waals surface area contributed by atoms with Gasteiger partial charge in [-0.3, -0.25) is 9.10 Å². The quantitative estimate of drug-likeness (QED) is 0.565. The Balaban J connectivity index is 2.10. The van der Waals surface area contributed by atoms with Crippen molar-refractivity contribution in [3.05, 3.63) is 29.8 Å². The molecule has 27 heavy (non-hydrogen) atoms. The fourth-order valence-corrected chi connectivity index (χ4v) is 4.30. The van der Waals surface area contributed by atoms with Crippen LogP contribution in [0.3, 0.4) is 0 Å². The Morgan fingerprint density at radius 3 is 2.37 bits per heavy atom. The van der Waals surface area contributed by atoms with Gasteiger partial charge in [0.2, 0.25) is 15.9 Å². The van der Waals surface area contributed by atoms with E-state index in [0.29, 0.717) is 0 Å². The summed E-state index contributed by atoms with van der Waals surface area (Å²) in [5.41, 5.74) is 0.365. The number of hydrogen-bond donors (Lipinski definition) is 1. The molecule has 1 aliphatic carbocycles. The van der Waals surface area contributed by atoms with Crippen molar-refractivity contribution >= 4 is 27.6 Å². The molecule has 1 amide bonds. The molecule has 2 rings (SSSR count). The first kappa shape index (κ1) is 21.2. The fourth-order valence-electron chi connectivity index (χ4n) is 3.37. The first-order valence-corrected chi connectivity index (χ1v) is 11.1. The molecule has 0 spiro atoms. The minimum atomic E-state index is -3.67. The van der Waals surface area contributed by atoms with Crippen LogP contribution in [0.15, 0.2) is 24.3 Å². The van der Waals surface area contributed by atoms with Crippen LogP contribution < -0.4 is 9.62 Å². The predicted molar refractivity (Wildman–Crippen MR) is 104 cm³/mol. The summed E-state index contributed by atoms with van der Waals surface area (Å²) in [6.07, 6.45) is 7.61. The third kappa shape index (κ3) is 6.23. The van der Waals surface area contributed by atoms with Crippen molar-refractivity contribution in [2.45, 2.75) is 51.0 Å². The van der Waals surface area contributed by atoms with Gasteiger partial charge in [0.05, 0.1) is 24.6 Å². The highest BCUT2D eigenvalue weighted by molar-refractivity contribution is 7.92. The average molecular weight is 397 g/mol. The number of para-hydroxylation sites is 1. The lowest BCUT2D eigenvalue weighted by molar-refractivity contribution is -0.121. The van der Waals surface area contributed by atoms with E-state index in [2.05, 4.69) is 5.32 Å². The maximum atomic E-state index is 12.3. The van der Waals surface area contributed by atoms with Gasteiger partial charge in [-0.1, -0.05) is 37.8 Å². The summed E-state index contributed by atoms with van der Waals surface area (Å²) in [7, 11) is -2.43. The second-order valence-electron chi connectivity index (χ2n) is 6.85. The molecule has 7 nitrogen and oxygen atoms in total. The molecule has 8 heteroatoms. The van der Waals surface area contributed by atoms with Gasteiger partial charge in [0.1, 0.15) is 0 Å². The molecule has 0 aromatic heterocycles. The number of rotatable bonds is 7. The van der Waals surface area contributed by atoms with Crippen molar-refractivity contribution in [2.75, 3.05) is 24.2 Å². The van der Waals surface area contributed by atoms with E-state index in [-0.39, 0.29) is 36.2 Å². The Hall–Kier alpha value is -2.09. The van der Waals surface area contributed by atoms with E-state index < -0.39 is 16.0 Å². The van der Waals surface area contributed by atoms with E-state index in [1.807, 2.05) is 0 Å². The van der Waals surface area contributed by atoms with E-state index in [9.17, 15) is 18.0 Å². The summed E-state index contributed by atoms with van der Waals surface area (Å²) < 4.78 is 30.4. The van der Waals surface area contributed by atoms with Crippen molar-refractivity contribution in [1.82, 2.24) is 5.32 Å². The van der Waals surface area contributed by atoms with Gasteiger partial charge in [-0.05, 0) is 25.0 Å². The summed E-state index contributed by atoms with van der Waals surface area (Å²) in [6.45, 7) is -0.0363. The lowest BCUT2D eigenvalue weighted by atomic mass is 10.1. The molecule has 0 unspecified atom stereocenters. The number of hydrogen-bond acceptors (Lipinski definition) is 5. The average Bonchev–Trinajstić information content (AvgIpc) is 2.89. The highest BCUT2D eigenvalue weighted by Gasteiger charge is 2.24. The van der Waals surface area contributed by atoms with Gasteiger partial charge in [-0.15, -0.1) is 0 Å². The Bertz CT molecular complexity index is 755. The number of carbonyl (C=O) groups is 2. The molecule has 0 saturated heterocycles. The Kier molecular flexibility index (Phi) is 7.65. The fraction of sp³-hybridized carbons (Fsp3) is 0.579. The van der Waals surface area contributed by atoms with Gasteiger partial charge in [0.15, 0.2) is 0 Å². The van der Waals surface area contributed by atoms with Crippen LogP contribution in [0.25, 0.3) is 0 Å². The smallest absolute Gasteiger partial charge is 0.340 e. The molecule has 1 aromatic rings. The second-order valence-corrected chi connectivity index (χ2v) is 8.76. The number of nitrogens with one attached hydrogen (secondary N) is 1. The number of ether oxygens (including phenoxy) is 1. The summed E-state index contributed by atoms with van der Waals surface area (Å²) in [5.74, 6) is -0.798. The van der Waals surface area contributed by atoms with Crippen molar-refractivity contribution < 1.29 is 22.7 Å². The van der Waals surface area contributed by atoms with Crippen LogP contribution in [0.1, 0.15) is 55.3 Å². The Morgan fingerprint density at radius 2 is 1.78 bits per heavy atom. The molecular formula is C19H28N2O5S. The number of methoxy groups -OCH3 is 1. The number of anilines is 1. The van der Waals surface area contributed by atoms with Crippen LogP contribution in [0.4, 0.5) is 5.69 Å². The van der Waals surface area contributed by atoms with E-state index >= 15 is 0 Å². The lowest BCUT2D eigenvalue weighted by Gasteiger charge is -2.24. The molecule has 150 valence electrons. The molecule has 0 heterocycles. The summed E-state index contributed by atoms with van der Waals surface area (Å²) in [6, 6.07) is 6.48. The van der Waals surface area contributed by atoms with Crippen LogP contribution in [0.5, 0.6) is 0 Å². The molecular weight excluding hydrogens is 368 g/mol. The normalized spacial score (nSPS) is 15.6. The van der Waals surface area contributed by atoms with Crippen LogP contribution in [0.2, 0.25) is 0 Å². The third-order valence-corrected chi connectivity index (χ3v) is 5.92. The molecule has 0 aliphatic heterocycles. The minimum absolute atomic E-state index is 0.0269. The van der Waals surface area contributed by atoms with Gasteiger partial charge in [0, 0.05) is 19.0 Å². The summed E-state index contributed by atoms with van der Waals surface area (Å²) in [5, 5.41) is 3.01. The number of esters is 1. The third-order valence-electron chi connectivity index (χ3n) is 4.74. The van der Waals surface area contributed by atoms with Gasteiger partial charge in [0.25, 0.3) is 0 Å². The minimum Gasteiger partial charge on any atom is -0.465 e. The number of benzene rings is 1. The lowest BCUT2D eigenvalue weighted by Crippen LogP contribution is -2.38. The zero-order chi connectivity index (χ0) is 19.9. The Labute approximate surface area is 161 Å². The molecule has 1 aromatic carbocycles. The van der Waals surface area contributed by atoms with Crippen molar-refractivity contribution in [2.24, 2.45) is 0 Å². The maximum absolute atomic E-state index is 12.3. The number of amides is 1. The van der Waals surface area contributed by atoms with Gasteiger partial charge in [-0.2, -0.15) is 0 Å². The van der Waals surface area contributed by atoms with Crippen molar-refractivity contribution in [1.29, 1.82) is 0 Å². The largest absolute Gasteiger partial charge is 0.465 e. The van der Waals surface area contributed by atoms with E-state index in [1.165, 1.54) is 32.1 Å². The predicted octanol–water partition coefficient (Wildman–Crippen LogP) is 2.47. The molecule has 1 aliphatic rings. The van der Waals surface area contributed by atoms with Crippen LogP contribution in [-0.2, 0) is 19.6 Å². The summed E-state index contributed by atoms with van der Waals surface area (Å²) in [4.78, 5) is 24.3. The molecule has 0 atom stereocenters. The summed E-state index contributed by atoms with van der Waals surface area (Å²) >= 11 is 0. The van der Waals surface area contributed by atoms with Gasteiger partial charge < -0.3 is 10.1 Å². The topological polar surface area (TPSA) is 92.8 Å². The number of sulfonamides is 1. The van der Waals surface area contributed by atoms with Crippen LogP contribution in [0, 0.1) is 0 Å². The van der Waals surface area contributed by atoms with E-state index in [4.69, 9.17) is 4.74 Å². The molecule has 1 fully saturated rings.